The molecule has 4 aromatic rings. The lowest BCUT2D eigenvalue weighted by Crippen LogP contribution is -1.91. The van der Waals surface area contributed by atoms with Crippen molar-refractivity contribution in [3.8, 4) is 11.3 Å². The Bertz CT molecular complexity index is 1170. The molecule has 0 amide bonds. The van der Waals surface area contributed by atoms with Gasteiger partial charge in [0.1, 0.15) is 5.69 Å². The number of non-ortho nitro benzene ring substituents is 1. The zero-order valence-corrected chi connectivity index (χ0v) is 14.9. The van der Waals surface area contributed by atoms with Gasteiger partial charge < -0.3 is 4.57 Å². The number of nitro groups is 1. The molecule has 2 heterocycles. The van der Waals surface area contributed by atoms with E-state index in [1.807, 2.05) is 40.4 Å². The van der Waals surface area contributed by atoms with E-state index in [9.17, 15) is 14.9 Å². The second kappa shape index (κ2) is 5.99. The fourth-order valence-corrected chi connectivity index (χ4v) is 3.92. The van der Waals surface area contributed by atoms with Gasteiger partial charge in [0.2, 0.25) is 0 Å². The Morgan fingerprint density at radius 3 is 2.38 bits per heavy atom. The van der Waals surface area contributed by atoms with E-state index in [1.54, 1.807) is 12.1 Å². The Hall–Kier alpha value is -3.13. The molecule has 26 heavy (non-hydrogen) atoms. The maximum Gasteiger partial charge on any atom is 0.269 e. The SMILES string of the molecule is CC(=O)Sc1c(-c2ccc([N+](=O)[O-])cc2)nn2c3ccccc3n(C)c12. The Kier molecular flexibility index (Phi) is 3.77. The minimum Gasteiger partial charge on any atom is -0.327 e. The van der Waals surface area contributed by atoms with Crippen LogP contribution in [0.5, 0.6) is 0 Å². The molecule has 0 radical (unpaired) electrons. The second-order valence-electron chi connectivity index (χ2n) is 5.86. The molecule has 0 saturated carbocycles. The van der Waals surface area contributed by atoms with Gasteiger partial charge >= 0.3 is 0 Å². The summed E-state index contributed by atoms with van der Waals surface area (Å²) in [4.78, 5) is 23.0. The number of hydrogen-bond donors (Lipinski definition) is 0. The third kappa shape index (κ3) is 2.46. The van der Waals surface area contributed by atoms with Crippen LogP contribution in [-0.2, 0) is 11.8 Å². The number of fused-ring (bicyclic) bond motifs is 3. The number of carbonyl (C=O) groups excluding carboxylic acids is 1. The van der Waals surface area contributed by atoms with Gasteiger partial charge in [0.25, 0.3) is 5.69 Å². The number of nitro benzene ring substituents is 1. The smallest absolute Gasteiger partial charge is 0.269 e. The number of nitrogens with zero attached hydrogens (tertiary/aromatic N) is 4. The van der Waals surface area contributed by atoms with Crippen molar-refractivity contribution in [2.75, 3.05) is 0 Å². The zero-order chi connectivity index (χ0) is 18.4. The lowest BCUT2D eigenvalue weighted by molar-refractivity contribution is -0.384. The van der Waals surface area contributed by atoms with Crippen molar-refractivity contribution in [2.45, 2.75) is 11.8 Å². The van der Waals surface area contributed by atoms with Gasteiger partial charge in [-0.3, -0.25) is 14.9 Å². The van der Waals surface area contributed by atoms with Gasteiger partial charge in [0.05, 0.1) is 20.9 Å². The van der Waals surface area contributed by atoms with Crippen LogP contribution in [0.15, 0.2) is 53.4 Å². The molecule has 0 aliphatic carbocycles. The van der Waals surface area contributed by atoms with Gasteiger partial charge in [-0.15, -0.1) is 0 Å². The van der Waals surface area contributed by atoms with Crippen LogP contribution in [0.4, 0.5) is 5.69 Å². The van der Waals surface area contributed by atoms with Crippen LogP contribution in [-0.4, -0.2) is 24.2 Å². The van der Waals surface area contributed by atoms with E-state index < -0.39 is 4.92 Å². The van der Waals surface area contributed by atoms with Gasteiger partial charge in [0.15, 0.2) is 10.8 Å². The molecule has 0 aliphatic heterocycles. The molecule has 7 nitrogen and oxygen atoms in total. The van der Waals surface area contributed by atoms with E-state index >= 15 is 0 Å². The van der Waals surface area contributed by atoms with Gasteiger partial charge in [-0.05, 0) is 36.0 Å². The number of hydrogen-bond acceptors (Lipinski definition) is 5. The Balaban J connectivity index is 2.00. The molecule has 0 aliphatic rings. The lowest BCUT2D eigenvalue weighted by atomic mass is 10.1. The maximum atomic E-state index is 11.8. The van der Waals surface area contributed by atoms with Gasteiger partial charge in [0, 0.05) is 31.7 Å². The highest BCUT2D eigenvalue weighted by Crippen LogP contribution is 2.37. The van der Waals surface area contributed by atoms with Crippen molar-refractivity contribution in [1.29, 1.82) is 0 Å². The summed E-state index contributed by atoms with van der Waals surface area (Å²) in [6, 6.07) is 14.1. The first kappa shape index (κ1) is 16.3. The molecule has 0 bridgehead atoms. The standard InChI is InChI=1S/C18H14N4O3S/c1-11(23)26-17-16(12-7-9-13(10-8-12)22(24)25)19-21-15-6-4-3-5-14(15)20(2)18(17)21/h3-10H,1-2H3. The largest absolute Gasteiger partial charge is 0.327 e. The Morgan fingerprint density at radius 1 is 1.12 bits per heavy atom. The van der Waals surface area contributed by atoms with Crippen molar-refractivity contribution in [3.05, 3.63) is 58.6 Å². The quantitative estimate of drug-likeness (QED) is 0.310. The van der Waals surface area contributed by atoms with E-state index in [2.05, 4.69) is 0 Å². The summed E-state index contributed by atoms with van der Waals surface area (Å²) in [6.07, 6.45) is 0. The number of rotatable bonds is 3. The van der Waals surface area contributed by atoms with Crippen LogP contribution >= 0.6 is 11.8 Å². The molecule has 0 N–H and O–H groups in total. The Labute approximate surface area is 152 Å². The summed E-state index contributed by atoms with van der Waals surface area (Å²) in [7, 11) is 1.93. The summed E-state index contributed by atoms with van der Waals surface area (Å²) in [6.45, 7) is 1.51. The molecule has 2 aromatic carbocycles. The fraction of sp³-hybridized carbons (Fsp3) is 0.111. The molecule has 8 heteroatoms. The monoisotopic (exact) mass is 366 g/mol. The minimum atomic E-state index is -0.438. The summed E-state index contributed by atoms with van der Waals surface area (Å²) in [5.41, 5.74) is 4.14. The number of aryl methyl sites for hydroxylation is 1. The van der Waals surface area contributed by atoms with Crippen LogP contribution in [0, 0.1) is 10.1 Å². The van der Waals surface area contributed by atoms with E-state index in [-0.39, 0.29) is 10.8 Å². The fourth-order valence-electron chi connectivity index (χ4n) is 3.07. The average molecular weight is 366 g/mol. The maximum absolute atomic E-state index is 11.8. The number of para-hydroxylation sites is 2. The first-order valence-electron chi connectivity index (χ1n) is 7.87. The van der Waals surface area contributed by atoms with E-state index in [0.717, 1.165) is 38.9 Å². The summed E-state index contributed by atoms with van der Waals surface area (Å²) in [5.74, 6) is 0. The van der Waals surface area contributed by atoms with Crippen molar-refractivity contribution in [3.63, 3.8) is 0 Å². The van der Waals surface area contributed by atoms with Gasteiger partial charge in [-0.25, -0.2) is 4.52 Å². The van der Waals surface area contributed by atoms with Crippen LogP contribution < -0.4 is 0 Å². The second-order valence-corrected chi connectivity index (χ2v) is 7.05. The number of imidazole rings is 1. The van der Waals surface area contributed by atoms with Gasteiger partial charge in [-0.1, -0.05) is 12.1 Å². The minimum absolute atomic E-state index is 0.0173. The molecule has 4 rings (SSSR count). The van der Waals surface area contributed by atoms with Crippen LogP contribution in [0.1, 0.15) is 6.92 Å². The van der Waals surface area contributed by atoms with Crippen molar-refractivity contribution in [1.82, 2.24) is 14.2 Å². The van der Waals surface area contributed by atoms with Crippen LogP contribution in [0.25, 0.3) is 27.9 Å². The lowest BCUT2D eigenvalue weighted by Gasteiger charge is -2.03. The molecular formula is C18H14N4O3S. The normalized spacial score (nSPS) is 11.3. The average Bonchev–Trinajstić information content (AvgIpc) is 3.12. The first-order chi connectivity index (χ1) is 12.5. The van der Waals surface area contributed by atoms with E-state index in [4.69, 9.17) is 5.10 Å². The van der Waals surface area contributed by atoms with Crippen molar-refractivity contribution >= 4 is 39.2 Å². The molecule has 2 aromatic heterocycles. The molecule has 0 saturated heterocycles. The van der Waals surface area contributed by atoms with Gasteiger partial charge in [-0.2, -0.15) is 5.10 Å². The zero-order valence-electron chi connectivity index (χ0n) is 14.0. The molecule has 0 unspecified atom stereocenters. The number of benzene rings is 2. The number of carbonyl (C=O) groups is 1. The molecule has 130 valence electrons. The highest BCUT2D eigenvalue weighted by Gasteiger charge is 2.22. The molecule has 0 atom stereocenters. The number of thioether (sulfide) groups is 1. The van der Waals surface area contributed by atoms with E-state index in [1.165, 1.54) is 19.1 Å². The summed E-state index contributed by atoms with van der Waals surface area (Å²) >= 11 is 1.12. The third-order valence-electron chi connectivity index (χ3n) is 4.21. The van der Waals surface area contributed by atoms with Crippen LogP contribution in [0.2, 0.25) is 0 Å². The molecular weight excluding hydrogens is 352 g/mol. The van der Waals surface area contributed by atoms with Crippen LogP contribution in [0.3, 0.4) is 0 Å². The molecule has 0 spiro atoms. The predicted molar refractivity (Wildman–Crippen MR) is 100 cm³/mol. The number of aromatic nitrogens is 3. The van der Waals surface area contributed by atoms with Crippen molar-refractivity contribution < 1.29 is 9.72 Å². The van der Waals surface area contributed by atoms with Crippen molar-refractivity contribution in [2.24, 2.45) is 7.05 Å². The highest BCUT2D eigenvalue weighted by atomic mass is 32.2. The first-order valence-corrected chi connectivity index (χ1v) is 8.68. The summed E-state index contributed by atoms with van der Waals surface area (Å²) < 4.78 is 3.82. The molecule has 0 fully saturated rings. The predicted octanol–water partition coefficient (Wildman–Crippen LogP) is 4.04. The third-order valence-corrected chi connectivity index (χ3v) is 5.07. The Morgan fingerprint density at radius 2 is 1.77 bits per heavy atom. The van der Waals surface area contributed by atoms with E-state index in [0.29, 0.717) is 5.69 Å². The topological polar surface area (TPSA) is 82.4 Å². The summed E-state index contributed by atoms with van der Waals surface area (Å²) in [5, 5.41) is 15.6. The highest BCUT2D eigenvalue weighted by molar-refractivity contribution is 8.13.